The van der Waals surface area contributed by atoms with E-state index in [0.717, 1.165) is 6.92 Å². The fourth-order valence-corrected chi connectivity index (χ4v) is 6.63. The third-order valence-corrected chi connectivity index (χ3v) is 10.2. The van der Waals surface area contributed by atoms with Crippen molar-refractivity contribution in [1.82, 2.24) is 42.3 Å². The number of nitrogens with zero attached hydrogens (tertiary/aromatic N) is 1. The molecule has 0 saturated carbocycles. The van der Waals surface area contributed by atoms with Crippen molar-refractivity contribution in [2.24, 2.45) is 17.4 Å². The van der Waals surface area contributed by atoms with Crippen LogP contribution in [-0.4, -0.2) is 145 Å². The van der Waals surface area contributed by atoms with E-state index in [9.17, 15) is 73.2 Å². The summed E-state index contributed by atoms with van der Waals surface area (Å²) in [4.78, 5) is 142. The Hall–Kier alpha value is -7.67. The minimum atomic E-state index is -2.13. The number of rotatable bonds is 30. The van der Waals surface area contributed by atoms with Crippen molar-refractivity contribution < 1.29 is 73.2 Å². The van der Waals surface area contributed by atoms with E-state index in [-0.39, 0.29) is 30.9 Å². The lowest BCUT2D eigenvalue weighted by molar-refractivity contribution is -0.158. The Bertz CT molecular complexity index is 2170. The zero-order valence-electron chi connectivity index (χ0n) is 39.4. The van der Waals surface area contributed by atoms with Crippen molar-refractivity contribution in [2.45, 2.75) is 128 Å². The van der Waals surface area contributed by atoms with Gasteiger partial charge in [0, 0.05) is 19.3 Å². The number of hydrazine groups is 1. The number of phenols is 1. The lowest BCUT2D eigenvalue weighted by atomic mass is 10.00. The van der Waals surface area contributed by atoms with Gasteiger partial charge in [-0.1, -0.05) is 56.3 Å². The number of benzene rings is 2. The summed E-state index contributed by atoms with van der Waals surface area (Å²) in [6.45, 7) is 6.58. The second-order valence-electron chi connectivity index (χ2n) is 17.0. The van der Waals surface area contributed by atoms with Gasteiger partial charge in [0.05, 0.1) is 25.5 Å². The summed E-state index contributed by atoms with van der Waals surface area (Å²) in [7, 11) is 0. The minimum Gasteiger partial charge on any atom is -0.508 e. The molecule has 0 radical (unpaired) electrons. The number of phenolic OH excluding ortho intramolecular Hbond substituents is 1. The van der Waals surface area contributed by atoms with Crippen LogP contribution in [0.15, 0.2) is 54.6 Å². The fourth-order valence-electron chi connectivity index (χ4n) is 6.63. The number of carboxylic acid groups (broad SMARTS) is 2. The van der Waals surface area contributed by atoms with E-state index in [2.05, 4.69) is 37.3 Å². The number of hydrogen-bond donors (Lipinski definition) is 13. The number of aliphatic hydroxyl groups is 1. The van der Waals surface area contributed by atoms with Gasteiger partial charge in [-0.25, -0.2) is 15.0 Å². The SMILES string of the molecule is CC(C)C[C@H](NC(=O)[C@H](C)NC(=O)CNC(=O)[C@H](Cc1ccccc1)NC(=O)CC(C)O)C(=O)N[C@@H](Cc1ccc(O)cc1)C(=O)N(N[C@@H](C)C(=O)N[C@@H](CCC(N)=O)C(=O)O)[C@@H](CC(N)=O)C(=O)O. The molecule has 15 N–H and O–H groups in total. The van der Waals surface area contributed by atoms with E-state index in [1.54, 1.807) is 44.2 Å². The first-order valence-corrected chi connectivity index (χ1v) is 22.2. The Labute approximate surface area is 403 Å². The van der Waals surface area contributed by atoms with Crippen LogP contribution in [-0.2, 0) is 65.6 Å². The molecule has 1 unspecified atom stereocenters. The van der Waals surface area contributed by atoms with Gasteiger partial charge in [-0.2, -0.15) is 0 Å². The van der Waals surface area contributed by atoms with Crippen molar-refractivity contribution in [2.75, 3.05) is 6.54 Å². The summed E-state index contributed by atoms with van der Waals surface area (Å²) in [5, 5.41) is 54.3. The van der Waals surface area contributed by atoms with Crippen LogP contribution in [0.4, 0.5) is 0 Å². The smallest absolute Gasteiger partial charge is 0.328 e. The molecule has 384 valence electrons. The molecule has 9 amide bonds. The molecule has 0 heterocycles. The first kappa shape index (κ1) is 58.5. The van der Waals surface area contributed by atoms with Crippen molar-refractivity contribution in [1.29, 1.82) is 0 Å². The highest BCUT2D eigenvalue weighted by Gasteiger charge is 2.39. The molecule has 0 aliphatic rings. The summed E-state index contributed by atoms with van der Waals surface area (Å²) in [6, 6.07) is 2.90. The van der Waals surface area contributed by atoms with Crippen LogP contribution in [0.5, 0.6) is 5.75 Å². The molecule has 0 bridgehead atoms. The van der Waals surface area contributed by atoms with Crippen molar-refractivity contribution >= 4 is 65.1 Å². The Morgan fingerprint density at radius 2 is 1.14 bits per heavy atom. The van der Waals surface area contributed by atoms with Crippen LogP contribution in [0.1, 0.15) is 77.8 Å². The molecule has 0 spiro atoms. The van der Waals surface area contributed by atoms with Gasteiger partial charge in [0.15, 0.2) is 6.04 Å². The fraction of sp³-hybridized carbons (Fsp3) is 0.489. The topological polar surface area (TPSA) is 408 Å². The molecule has 8 atom stereocenters. The Morgan fingerprint density at radius 3 is 1.69 bits per heavy atom. The number of aliphatic hydroxyl groups excluding tert-OH is 1. The van der Waals surface area contributed by atoms with Crippen LogP contribution >= 0.6 is 0 Å². The van der Waals surface area contributed by atoms with Crippen LogP contribution in [0.3, 0.4) is 0 Å². The number of hydrogen-bond acceptors (Lipinski definition) is 14. The van der Waals surface area contributed by atoms with E-state index in [0.29, 0.717) is 16.1 Å². The standard InChI is InChI=1S/C45H64N10O15/c1-23(2)17-31(52-39(62)25(4)49-38(61)22-48-41(64)32(50-37(60)18-24(3)56)19-27-9-7-6-8-10-27)42(65)53-33(20-28-11-13-29(57)14-12-28)43(66)55(34(45(69)70)21-36(47)59)54-26(5)40(63)51-30(44(67)68)15-16-35(46)58/h6-14,23-26,30-34,54,56-57H,15-22H2,1-5H3,(H2,46,58)(H2,47,59)(H,48,64)(H,49,61)(H,50,60)(H,51,63)(H,52,62)(H,53,65)(H,67,68)(H,69,70)/t24?,25-,26-,30-,31-,32-,33-,34-/m0/s1. The third-order valence-electron chi connectivity index (χ3n) is 10.2. The Morgan fingerprint density at radius 1 is 0.586 bits per heavy atom. The lowest BCUT2D eigenvalue weighted by Gasteiger charge is -2.35. The zero-order chi connectivity index (χ0) is 52.8. The van der Waals surface area contributed by atoms with Gasteiger partial charge in [-0.3, -0.25) is 48.2 Å². The highest BCUT2D eigenvalue weighted by molar-refractivity contribution is 5.97. The molecule has 70 heavy (non-hydrogen) atoms. The summed E-state index contributed by atoms with van der Waals surface area (Å²) in [5.74, 6) is -12.3. The molecule has 0 aromatic heterocycles. The second kappa shape index (κ2) is 28.6. The first-order valence-electron chi connectivity index (χ1n) is 22.2. The molecule has 0 saturated heterocycles. The largest absolute Gasteiger partial charge is 0.508 e. The number of aliphatic carboxylic acids is 2. The predicted molar refractivity (Wildman–Crippen MR) is 247 cm³/mol. The number of carboxylic acids is 2. The second-order valence-corrected chi connectivity index (χ2v) is 17.0. The van der Waals surface area contributed by atoms with Crippen LogP contribution < -0.4 is 48.8 Å². The highest BCUT2D eigenvalue weighted by atomic mass is 16.4. The van der Waals surface area contributed by atoms with E-state index in [1.807, 2.05) is 0 Å². The predicted octanol–water partition coefficient (Wildman–Crippen LogP) is -3.05. The summed E-state index contributed by atoms with van der Waals surface area (Å²) in [5.41, 5.74) is 13.8. The van der Waals surface area contributed by atoms with Crippen molar-refractivity contribution in [3.63, 3.8) is 0 Å². The lowest BCUT2D eigenvalue weighted by Crippen LogP contribution is -2.65. The molecule has 2 aromatic rings. The number of aromatic hydroxyl groups is 1. The third kappa shape index (κ3) is 21.1. The summed E-state index contributed by atoms with van der Waals surface area (Å²) < 4.78 is 0. The van der Waals surface area contributed by atoms with Crippen molar-refractivity contribution in [3.05, 3.63) is 65.7 Å². The molecule has 2 aromatic carbocycles. The number of carbonyl (C=O) groups excluding carboxylic acids is 9. The Balaban J connectivity index is 2.39. The molecule has 2 rings (SSSR count). The molecule has 0 fully saturated rings. The van der Waals surface area contributed by atoms with Crippen LogP contribution in [0.2, 0.25) is 0 Å². The van der Waals surface area contributed by atoms with E-state index >= 15 is 0 Å². The summed E-state index contributed by atoms with van der Waals surface area (Å²) in [6.07, 6.45) is -3.57. The monoisotopic (exact) mass is 984 g/mol. The maximum Gasteiger partial charge on any atom is 0.328 e. The van der Waals surface area contributed by atoms with Crippen LogP contribution in [0.25, 0.3) is 0 Å². The maximum atomic E-state index is 14.6. The quantitative estimate of drug-likeness (QED) is 0.0346. The summed E-state index contributed by atoms with van der Waals surface area (Å²) >= 11 is 0. The maximum absolute atomic E-state index is 14.6. The average Bonchev–Trinajstić information content (AvgIpc) is 3.27. The molecular formula is C45H64N10O15. The molecule has 25 nitrogen and oxygen atoms in total. The zero-order valence-corrected chi connectivity index (χ0v) is 39.4. The van der Waals surface area contributed by atoms with Gasteiger partial charge in [0.1, 0.15) is 42.0 Å². The van der Waals surface area contributed by atoms with Crippen LogP contribution in [0, 0.1) is 5.92 Å². The van der Waals surface area contributed by atoms with Gasteiger partial charge >= 0.3 is 11.9 Å². The number of primary amides is 2. The minimum absolute atomic E-state index is 0.0491. The number of amides is 9. The van der Waals surface area contributed by atoms with Gasteiger partial charge in [0.25, 0.3) is 5.91 Å². The Kier molecular flexibility index (Phi) is 23.9. The first-order chi connectivity index (χ1) is 32.8. The van der Waals surface area contributed by atoms with Gasteiger partial charge in [0.2, 0.25) is 47.3 Å². The van der Waals surface area contributed by atoms with Crippen molar-refractivity contribution in [3.8, 4) is 5.75 Å². The molecular weight excluding hydrogens is 921 g/mol. The number of nitrogens with one attached hydrogen (secondary N) is 7. The van der Waals surface area contributed by atoms with E-state index in [1.165, 1.54) is 38.1 Å². The van der Waals surface area contributed by atoms with Gasteiger partial charge in [-0.05, 0) is 62.8 Å². The van der Waals surface area contributed by atoms with Gasteiger partial charge < -0.3 is 63.8 Å². The molecule has 0 aliphatic heterocycles. The highest BCUT2D eigenvalue weighted by Crippen LogP contribution is 2.16. The number of carbonyl (C=O) groups is 11. The van der Waals surface area contributed by atoms with Gasteiger partial charge in [-0.15, -0.1) is 0 Å². The number of nitrogens with two attached hydrogens (primary N) is 2. The molecule has 25 heteroatoms. The van der Waals surface area contributed by atoms with E-state index in [4.69, 9.17) is 11.5 Å². The average molecular weight is 985 g/mol. The normalized spacial score (nSPS) is 14.4. The molecule has 0 aliphatic carbocycles. The van der Waals surface area contributed by atoms with E-state index < -0.39 is 146 Å².